The van der Waals surface area contributed by atoms with Gasteiger partial charge in [-0.05, 0) is 30.5 Å². The third-order valence-corrected chi connectivity index (χ3v) is 7.36. The van der Waals surface area contributed by atoms with E-state index in [1.807, 2.05) is 0 Å². The van der Waals surface area contributed by atoms with Gasteiger partial charge in [-0.25, -0.2) is 13.2 Å². The minimum Gasteiger partial charge on any atom is -0.317 e. The summed E-state index contributed by atoms with van der Waals surface area (Å²) in [5.74, 6) is 0. The molecule has 0 saturated carbocycles. The number of nitrogens with one attached hydrogen (secondary N) is 1. The molecule has 11 heteroatoms. The highest BCUT2D eigenvalue weighted by atomic mass is 32.2. The SMILES string of the molecule is O=C(Nc1ccnnc1)N1CCC2CC1c1cccc(c1C(F)(F)F)S2(=O)=O. The van der Waals surface area contributed by atoms with Crippen LogP contribution in [0, 0.1) is 0 Å². The second kappa shape index (κ2) is 6.43. The number of sulfone groups is 1. The fourth-order valence-electron chi connectivity index (χ4n) is 3.86. The lowest BCUT2D eigenvalue weighted by Crippen LogP contribution is -2.45. The number of hydrogen-bond donors (Lipinski definition) is 1. The Morgan fingerprint density at radius 3 is 2.68 bits per heavy atom. The van der Waals surface area contributed by atoms with Crippen LogP contribution in [0.5, 0.6) is 0 Å². The fourth-order valence-corrected chi connectivity index (χ4v) is 5.86. The lowest BCUT2D eigenvalue weighted by atomic mass is 9.91. The van der Waals surface area contributed by atoms with Crippen molar-refractivity contribution >= 4 is 21.6 Å². The summed E-state index contributed by atoms with van der Waals surface area (Å²) in [6.45, 7) is 0.0225. The standard InChI is InChI=1S/C17H15F3N4O3S/c18-17(19,20)15-12-2-1-3-14(15)28(26,27)11-5-7-24(13(12)8-11)16(25)23-10-4-6-21-22-9-10/h1-4,6,9,11,13H,5,7-8H2,(H,21,23,25). The molecule has 1 aromatic heterocycles. The van der Waals surface area contributed by atoms with Gasteiger partial charge in [0, 0.05) is 6.54 Å². The molecule has 1 fully saturated rings. The zero-order valence-electron chi connectivity index (χ0n) is 14.3. The number of carbonyl (C=O) groups excluding carboxylic acids is 1. The molecule has 2 unspecified atom stereocenters. The van der Waals surface area contributed by atoms with Crippen LogP contribution in [0.1, 0.15) is 30.0 Å². The van der Waals surface area contributed by atoms with Crippen molar-refractivity contribution < 1.29 is 26.4 Å². The smallest absolute Gasteiger partial charge is 0.317 e. The third-order valence-electron chi connectivity index (χ3n) is 5.10. The summed E-state index contributed by atoms with van der Waals surface area (Å²) >= 11 is 0. The summed E-state index contributed by atoms with van der Waals surface area (Å²) in [6.07, 6.45) is -2.19. The number of hydrogen-bond acceptors (Lipinski definition) is 5. The molecule has 0 aliphatic carbocycles. The van der Waals surface area contributed by atoms with Crippen molar-refractivity contribution in [3.63, 3.8) is 0 Å². The molecule has 2 aliphatic heterocycles. The molecule has 0 spiro atoms. The number of aromatic nitrogens is 2. The number of fused-ring (bicyclic) bond motifs is 5. The van der Waals surface area contributed by atoms with Crippen molar-refractivity contribution in [3.8, 4) is 0 Å². The first-order chi connectivity index (χ1) is 13.2. The van der Waals surface area contributed by atoms with Crippen LogP contribution in [0.25, 0.3) is 0 Å². The van der Waals surface area contributed by atoms with E-state index in [0.717, 1.165) is 6.07 Å². The number of halogens is 3. The Balaban J connectivity index is 1.79. The van der Waals surface area contributed by atoms with Gasteiger partial charge in [-0.15, -0.1) is 0 Å². The molecule has 4 bridgehead atoms. The Bertz CT molecular complexity index is 1030. The maximum atomic E-state index is 13.8. The van der Waals surface area contributed by atoms with E-state index in [0.29, 0.717) is 5.69 Å². The second-order valence-electron chi connectivity index (χ2n) is 6.68. The van der Waals surface area contributed by atoms with Crippen molar-refractivity contribution in [1.82, 2.24) is 15.1 Å². The fraction of sp³-hybridized carbons (Fsp3) is 0.353. The minimum absolute atomic E-state index is 0.0225. The number of likely N-dealkylation sites (tertiary alicyclic amines) is 1. The molecule has 4 rings (SSSR count). The van der Waals surface area contributed by atoms with E-state index in [-0.39, 0.29) is 24.9 Å². The van der Waals surface area contributed by atoms with Gasteiger partial charge in [0.1, 0.15) is 0 Å². The van der Waals surface area contributed by atoms with Crippen LogP contribution in [0.15, 0.2) is 41.6 Å². The van der Waals surface area contributed by atoms with Crippen LogP contribution >= 0.6 is 0 Å². The van der Waals surface area contributed by atoms with E-state index >= 15 is 0 Å². The van der Waals surface area contributed by atoms with Gasteiger partial charge >= 0.3 is 12.2 Å². The number of nitrogens with zero attached hydrogens (tertiary/aromatic N) is 3. The molecule has 2 aromatic rings. The van der Waals surface area contributed by atoms with E-state index in [1.54, 1.807) is 0 Å². The third kappa shape index (κ3) is 2.99. The summed E-state index contributed by atoms with van der Waals surface area (Å²) < 4.78 is 67.0. The van der Waals surface area contributed by atoms with E-state index in [1.165, 1.54) is 35.5 Å². The zero-order chi connectivity index (χ0) is 20.1. The van der Waals surface area contributed by atoms with Crippen molar-refractivity contribution in [2.24, 2.45) is 0 Å². The maximum Gasteiger partial charge on any atom is 0.418 e. The van der Waals surface area contributed by atoms with Crippen LogP contribution in [0.2, 0.25) is 0 Å². The number of anilines is 1. The summed E-state index contributed by atoms with van der Waals surface area (Å²) in [5.41, 5.74) is -1.03. The van der Waals surface area contributed by atoms with Crippen LogP contribution in [-0.2, 0) is 16.0 Å². The maximum absolute atomic E-state index is 13.8. The van der Waals surface area contributed by atoms with Gasteiger partial charge in [0.25, 0.3) is 0 Å². The monoisotopic (exact) mass is 412 g/mol. The molecule has 0 radical (unpaired) electrons. The van der Waals surface area contributed by atoms with Crippen LogP contribution in [0.4, 0.5) is 23.7 Å². The molecule has 3 heterocycles. The average molecular weight is 412 g/mol. The number of benzene rings is 1. The van der Waals surface area contributed by atoms with Crippen molar-refractivity contribution in [1.29, 1.82) is 0 Å². The van der Waals surface area contributed by atoms with Gasteiger partial charge in [0.15, 0.2) is 9.84 Å². The highest BCUT2D eigenvalue weighted by Gasteiger charge is 2.49. The number of carbonyl (C=O) groups is 1. The van der Waals surface area contributed by atoms with Gasteiger partial charge in [0.2, 0.25) is 0 Å². The van der Waals surface area contributed by atoms with E-state index < -0.39 is 43.8 Å². The van der Waals surface area contributed by atoms with Crippen LogP contribution < -0.4 is 5.32 Å². The molecular formula is C17H15F3N4O3S. The summed E-state index contributed by atoms with van der Waals surface area (Å²) in [5, 5.41) is 8.84. The van der Waals surface area contributed by atoms with Gasteiger partial charge in [-0.3, -0.25) is 0 Å². The Morgan fingerprint density at radius 1 is 1.21 bits per heavy atom. The molecule has 2 aliphatic rings. The Labute approximate surface area is 158 Å². The first-order valence-electron chi connectivity index (χ1n) is 8.48. The summed E-state index contributed by atoms with van der Waals surface area (Å²) in [7, 11) is -4.15. The zero-order valence-corrected chi connectivity index (χ0v) is 15.2. The normalized spacial score (nSPS) is 23.0. The highest BCUT2D eigenvalue weighted by molar-refractivity contribution is 7.92. The molecular weight excluding hydrogens is 397 g/mol. The van der Waals surface area contributed by atoms with E-state index in [2.05, 4.69) is 15.5 Å². The van der Waals surface area contributed by atoms with Crippen LogP contribution in [0.3, 0.4) is 0 Å². The summed E-state index contributed by atoms with van der Waals surface area (Å²) in [4.78, 5) is 13.3. The number of alkyl halides is 3. The Hall–Kier alpha value is -2.69. The Kier molecular flexibility index (Phi) is 4.29. The molecule has 1 aromatic carbocycles. The van der Waals surface area contributed by atoms with Crippen LogP contribution in [-0.4, -0.2) is 41.3 Å². The minimum atomic E-state index is -4.85. The summed E-state index contributed by atoms with van der Waals surface area (Å²) in [6, 6.07) is 3.42. The predicted molar refractivity (Wildman–Crippen MR) is 92.1 cm³/mol. The molecule has 28 heavy (non-hydrogen) atoms. The number of amides is 2. The van der Waals surface area contributed by atoms with Crippen molar-refractivity contribution in [2.45, 2.75) is 35.2 Å². The number of piperidine rings is 1. The lowest BCUT2D eigenvalue weighted by Gasteiger charge is -2.38. The van der Waals surface area contributed by atoms with E-state index in [4.69, 9.17) is 0 Å². The molecule has 2 amide bonds. The van der Waals surface area contributed by atoms with Crippen molar-refractivity contribution in [3.05, 3.63) is 47.8 Å². The van der Waals surface area contributed by atoms with Gasteiger partial charge in [-0.2, -0.15) is 23.4 Å². The molecule has 2 atom stereocenters. The van der Waals surface area contributed by atoms with E-state index in [9.17, 15) is 26.4 Å². The highest BCUT2D eigenvalue weighted by Crippen LogP contribution is 2.48. The van der Waals surface area contributed by atoms with Gasteiger partial charge in [0.05, 0.1) is 39.8 Å². The topological polar surface area (TPSA) is 92.3 Å². The quantitative estimate of drug-likeness (QED) is 0.777. The van der Waals surface area contributed by atoms with Gasteiger partial charge in [-0.1, -0.05) is 12.1 Å². The predicted octanol–water partition coefficient (Wildman–Crippen LogP) is 3.02. The first kappa shape index (κ1) is 18.7. The average Bonchev–Trinajstić information content (AvgIpc) is 2.70. The number of rotatable bonds is 1. The molecule has 1 saturated heterocycles. The molecule has 7 nitrogen and oxygen atoms in total. The number of urea groups is 1. The van der Waals surface area contributed by atoms with Crippen molar-refractivity contribution in [2.75, 3.05) is 11.9 Å². The van der Waals surface area contributed by atoms with Gasteiger partial charge < -0.3 is 10.2 Å². The molecule has 148 valence electrons. The largest absolute Gasteiger partial charge is 0.418 e. The second-order valence-corrected chi connectivity index (χ2v) is 8.88. The lowest BCUT2D eigenvalue weighted by molar-refractivity contribution is -0.141. The molecule has 1 N–H and O–H groups in total. The first-order valence-corrected chi connectivity index (χ1v) is 10.0. The Morgan fingerprint density at radius 2 is 2.00 bits per heavy atom.